The van der Waals surface area contributed by atoms with Crippen LogP contribution in [0, 0.1) is 0 Å². The Bertz CT molecular complexity index is 1330. The van der Waals surface area contributed by atoms with Crippen LogP contribution in [0.15, 0.2) is 65.6 Å². The molecule has 0 fully saturated rings. The van der Waals surface area contributed by atoms with Gasteiger partial charge in [-0.25, -0.2) is 8.42 Å². The summed E-state index contributed by atoms with van der Waals surface area (Å²) < 4.78 is 44.6. The SMILES string of the molecule is CCCCc1ccc(NC(=O)CN(c2cc(Cl)ccc2OC)S(=O)(=O)c2ccc(OC)c(OC)c2)cc1. The topological polar surface area (TPSA) is 94.2 Å². The molecule has 8 nitrogen and oxygen atoms in total. The average molecular weight is 547 g/mol. The summed E-state index contributed by atoms with van der Waals surface area (Å²) in [4.78, 5) is 13.0. The van der Waals surface area contributed by atoms with Crippen LogP contribution in [0.5, 0.6) is 17.2 Å². The molecule has 10 heteroatoms. The number of halogens is 1. The molecule has 1 N–H and O–H groups in total. The lowest BCUT2D eigenvalue weighted by atomic mass is 10.1. The molecule has 3 aromatic carbocycles. The number of methoxy groups -OCH3 is 3. The van der Waals surface area contributed by atoms with Crippen LogP contribution in [0.25, 0.3) is 0 Å². The van der Waals surface area contributed by atoms with Crippen LogP contribution >= 0.6 is 11.6 Å². The van der Waals surface area contributed by atoms with E-state index in [1.807, 2.05) is 12.1 Å². The molecule has 0 aliphatic carbocycles. The predicted molar refractivity (Wildman–Crippen MR) is 146 cm³/mol. The highest BCUT2D eigenvalue weighted by Gasteiger charge is 2.30. The van der Waals surface area contributed by atoms with E-state index in [4.69, 9.17) is 25.8 Å². The van der Waals surface area contributed by atoms with E-state index in [0.717, 1.165) is 23.6 Å². The third-order valence-electron chi connectivity index (χ3n) is 5.70. The first-order valence-electron chi connectivity index (χ1n) is 11.7. The molecule has 0 saturated heterocycles. The lowest BCUT2D eigenvalue weighted by Crippen LogP contribution is -2.38. The Morgan fingerprint density at radius 1 is 0.892 bits per heavy atom. The number of hydrogen-bond acceptors (Lipinski definition) is 6. The van der Waals surface area contributed by atoms with Gasteiger partial charge in [-0.2, -0.15) is 0 Å². The second kappa shape index (κ2) is 12.7. The van der Waals surface area contributed by atoms with E-state index in [9.17, 15) is 13.2 Å². The minimum absolute atomic E-state index is 0.0970. The maximum atomic E-state index is 13.9. The molecule has 3 rings (SSSR count). The van der Waals surface area contributed by atoms with Gasteiger partial charge >= 0.3 is 0 Å². The van der Waals surface area contributed by atoms with Crippen molar-refractivity contribution in [3.05, 3.63) is 71.2 Å². The number of ether oxygens (including phenoxy) is 3. The quantitative estimate of drug-likeness (QED) is 0.320. The van der Waals surface area contributed by atoms with Crippen molar-refractivity contribution in [2.75, 3.05) is 37.5 Å². The highest BCUT2D eigenvalue weighted by Crippen LogP contribution is 2.37. The highest BCUT2D eigenvalue weighted by molar-refractivity contribution is 7.92. The number of amides is 1. The molecule has 0 aliphatic rings. The Balaban J connectivity index is 1.98. The largest absolute Gasteiger partial charge is 0.495 e. The minimum atomic E-state index is -4.27. The van der Waals surface area contributed by atoms with Gasteiger partial charge in [-0.3, -0.25) is 9.10 Å². The van der Waals surface area contributed by atoms with E-state index >= 15 is 0 Å². The Morgan fingerprint density at radius 3 is 2.16 bits per heavy atom. The smallest absolute Gasteiger partial charge is 0.265 e. The summed E-state index contributed by atoms with van der Waals surface area (Å²) in [6.07, 6.45) is 3.13. The summed E-state index contributed by atoms with van der Waals surface area (Å²) >= 11 is 6.20. The highest BCUT2D eigenvalue weighted by atomic mass is 35.5. The number of aryl methyl sites for hydroxylation is 1. The third kappa shape index (κ3) is 6.87. The zero-order valence-corrected chi connectivity index (χ0v) is 22.9. The molecular formula is C27H31ClN2O6S. The lowest BCUT2D eigenvalue weighted by molar-refractivity contribution is -0.114. The van der Waals surface area contributed by atoms with E-state index in [0.29, 0.717) is 11.4 Å². The van der Waals surface area contributed by atoms with Crippen molar-refractivity contribution in [3.63, 3.8) is 0 Å². The Hall–Kier alpha value is -3.43. The fourth-order valence-electron chi connectivity index (χ4n) is 3.73. The van der Waals surface area contributed by atoms with E-state index in [1.165, 1.54) is 51.2 Å². The zero-order valence-electron chi connectivity index (χ0n) is 21.3. The Labute approximate surface area is 223 Å². The van der Waals surface area contributed by atoms with Gasteiger partial charge in [0, 0.05) is 16.8 Å². The van der Waals surface area contributed by atoms with Crippen molar-refractivity contribution in [2.24, 2.45) is 0 Å². The number of benzene rings is 3. The molecule has 37 heavy (non-hydrogen) atoms. The van der Waals surface area contributed by atoms with Gasteiger partial charge in [0.2, 0.25) is 5.91 Å². The van der Waals surface area contributed by atoms with Gasteiger partial charge in [0.15, 0.2) is 11.5 Å². The standard InChI is InChI=1S/C27H31ClN2O6S/c1-5-6-7-19-8-11-21(12-9-19)29-27(31)18-30(23-16-20(28)10-14-24(23)34-2)37(32,33)22-13-15-25(35-3)26(17-22)36-4/h8-17H,5-7,18H2,1-4H3,(H,29,31). The molecule has 0 radical (unpaired) electrons. The molecule has 0 aliphatic heterocycles. The molecule has 0 aromatic heterocycles. The summed E-state index contributed by atoms with van der Waals surface area (Å²) in [6, 6.07) is 16.3. The van der Waals surface area contributed by atoms with E-state index in [2.05, 4.69) is 12.2 Å². The van der Waals surface area contributed by atoms with Gasteiger partial charge in [-0.15, -0.1) is 0 Å². The number of carbonyl (C=O) groups is 1. The number of hydrogen-bond donors (Lipinski definition) is 1. The first-order chi connectivity index (χ1) is 17.7. The van der Waals surface area contributed by atoms with E-state index < -0.39 is 22.5 Å². The van der Waals surface area contributed by atoms with Gasteiger partial charge < -0.3 is 19.5 Å². The van der Waals surface area contributed by atoms with Crippen LogP contribution in [0.1, 0.15) is 25.3 Å². The molecule has 0 saturated carbocycles. The summed E-state index contributed by atoms with van der Waals surface area (Å²) in [5.41, 5.74) is 1.85. The maximum absolute atomic E-state index is 13.9. The Kier molecular flexibility index (Phi) is 9.66. The predicted octanol–water partition coefficient (Wildman–Crippen LogP) is 5.54. The molecule has 1 amide bonds. The van der Waals surface area contributed by atoms with Gasteiger partial charge in [-0.1, -0.05) is 37.1 Å². The van der Waals surface area contributed by atoms with E-state index in [-0.39, 0.29) is 27.1 Å². The van der Waals surface area contributed by atoms with Crippen LogP contribution in [0.3, 0.4) is 0 Å². The van der Waals surface area contributed by atoms with Gasteiger partial charge in [-0.05, 0) is 60.9 Å². The van der Waals surface area contributed by atoms with Gasteiger partial charge in [0.05, 0.1) is 31.9 Å². The van der Waals surface area contributed by atoms with Gasteiger partial charge in [0.25, 0.3) is 10.0 Å². The second-order valence-corrected chi connectivity index (χ2v) is 10.5. The molecule has 0 atom stereocenters. The van der Waals surface area contributed by atoms with Crippen molar-refractivity contribution in [2.45, 2.75) is 31.1 Å². The van der Waals surface area contributed by atoms with Crippen molar-refractivity contribution < 1.29 is 27.4 Å². The number of nitrogens with one attached hydrogen (secondary N) is 1. The maximum Gasteiger partial charge on any atom is 0.265 e. The van der Waals surface area contributed by atoms with Crippen molar-refractivity contribution in [1.29, 1.82) is 0 Å². The van der Waals surface area contributed by atoms with Crippen molar-refractivity contribution in [1.82, 2.24) is 0 Å². The zero-order chi connectivity index (χ0) is 27.0. The number of sulfonamides is 1. The van der Waals surface area contributed by atoms with Crippen molar-refractivity contribution >= 4 is 38.9 Å². The lowest BCUT2D eigenvalue weighted by Gasteiger charge is -2.26. The third-order valence-corrected chi connectivity index (χ3v) is 7.69. The fourth-order valence-corrected chi connectivity index (χ4v) is 5.33. The normalized spacial score (nSPS) is 11.1. The second-order valence-electron chi connectivity index (χ2n) is 8.19. The van der Waals surface area contributed by atoms with Crippen molar-refractivity contribution in [3.8, 4) is 17.2 Å². The number of unbranched alkanes of at least 4 members (excludes halogenated alkanes) is 1. The number of nitrogens with zero attached hydrogens (tertiary/aromatic N) is 1. The molecule has 0 heterocycles. The molecular weight excluding hydrogens is 516 g/mol. The first-order valence-corrected chi connectivity index (χ1v) is 13.5. The Morgan fingerprint density at radius 2 is 1.54 bits per heavy atom. The first kappa shape index (κ1) is 28.1. The summed E-state index contributed by atoms with van der Waals surface area (Å²) in [5.74, 6) is 0.302. The molecule has 0 bridgehead atoms. The van der Waals surface area contributed by atoms with Crippen LogP contribution in [-0.2, 0) is 21.2 Å². The minimum Gasteiger partial charge on any atom is -0.495 e. The van der Waals surface area contributed by atoms with Gasteiger partial charge in [0.1, 0.15) is 12.3 Å². The monoisotopic (exact) mass is 546 g/mol. The summed E-state index contributed by atoms with van der Waals surface area (Å²) in [6.45, 7) is 1.61. The fraction of sp³-hybridized carbons (Fsp3) is 0.296. The summed E-state index contributed by atoms with van der Waals surface area (Å²) in [7, 11) is 0.00766. The van der Waals surface area contributed by atoms with Crippen LogP contribution in [0.2, 0.25) is 5.02 Å². The summed E-state index contributed by atoms with van der Waals surface area (Å²) in [5, 5.41) is 3.06. The van der Waals surface area contributed by atoms with Crippen LogP contribution < -0.4 is 23.8 Å². The average Bonchev–Trinajstić information content (AvgIpc) is 2.90. The van der Waals surface area contributed by atoms with Crippen LogP contribution in [-0.4, -0.2) is 42.2 Å². The van der Waals surface area contributed by atoms with E-state index in [1.54, 1.807) is 24.3 Å². The molecule has 0 unspecified atom stereocenters. The molecule has 198 valence electrons. The molecule has 0 spiro atoms. The number of anilines is 2. The number of rotatable bonds is 12. The molecule has 3 aromatic rings. The number of carbonyl (C=O) groups excluding carboxylic acids is 1. The van der Waals surface area contributed by atoms with Crippen LogP contribution in [0.4, 0.5) is 11.4 Å².